The summed E-state index contributed by atoms with van der Waals surface area (Å²) in [6.07, 6.45) is 7.32. The third-order valence-electron chi connectivity index (χ3n) is 3.27. The lowest BCUT2D eigenvalue weighted by Gasteiger charge is -2.39. The average molecular weight is 221 g/mol. The van der Waals surface area contributed by atoms with E-state index in [2.05, 4.69) is 9.88 Å². The Kier molecular flexibility index (Phi) is 3.74. The van der Waals surface area contributed by atoms with E-state index in [1.165, 1.54) is 19.3 Å². The van der Waals surface area contributed by atoms with E-state index in [0.717, 1.165) is 11.3 Å². The smallest absolute Gasteiger partial charge is 0.0606 e. The predicted octanol–water partition coefficient (Wildman–Crippen LogP) is 0.891. The molecule has 2 rings (SSSR count). The molecule has 0 aromatic carbocycles. The van der Waals surface area contributed by atoms with Gasteiger partial charge in [-0.2, -0.15) is 0 Å². The normalized spacial score (nSPS) is 15.9. The SMILES string of the molecule is NCc1ccncc1N(CCO)C1CCC1. The maximum Gasteiger partial charge on any atom is 0.0606 e. The number of rotatable bonds is 5. The summed E-state index contributed by atoms with van der Waals surface area (Å²) in [5, 5.41) is 9.14. The molecule has 0 amide bonds. The Balaban J connectivity index is 2.22. The molecule has 0 bridgehead atoms. The molecule has 0 saturated heterocycles. The third kappa shape index (κ3) is 2.18. The molecule has 1 heterocycles. The van der Waals surface area contributed by atoms with Gasteiger partial charge in [-0.1, -0.05) is 0 Å². The van der Waals surface area contributed by atoms with Gasteiger partial charge in [-0.15, -0.1) is 0 Å². The summed E-state index contributed by atoms with van der Waals surface area (Å²) < 4.78 is 0. The first-order valence-corrected chi connectivity index (χ1v) is 5.87. The largest absolute Gasteiger partial charge is 0.395 e. The van der Waals surface area contributed by atoms with Gasteiger partial charge in [-0.3, -0.25) is 4.98 Å². The van der Waals surface area contributed by atoms with Gasteiger partial charge in [0.1, 0.15) is 0 Å². The second-order valence-electron chi connectivity index (χ2n) is 4.21. The number of anilines is 1. The molecule has 88 valence electrons. The molecule has 1 saturated carbocycles. The molecule has 4 heteroatoms. The first kappa shape index (κ1) is 11.4. The molecule has 1 aromatic rings. The zero-order chi connectivity index (χ0) is 11.4. The Morgan fingerprint density at radius 3 is 2.88 bits per heavy atom. The van der Waals surface area contributed by atoms with Crippen molar-refractivity contribution in [1.82, 2.24) is 4.98 Å². The van der Waals surface area contributed by atoms with Crippen LogP contribution in [0.3, 0.4) is 0 Å². The number of aliphatic hydroxyl groups excluding tert-OH is 1. The molecular formula is C12H19N3O. The van der Waals surface area contributed by atoms with E-state index in [-0.39, 0.29) is 6.61 Å². The number of aromatic nitrogens is 1. The number of nitrogens with zero attached hydrogens (tertiary/aromatic N) is 2. The molecule has 1 aliphatic rings. The highest BCUT2D eigenvalue weighted by Crippen LogP contribution is 2.30. The molecule has 3 N–H and O–H groups in total. The number of pyridine rings is 1. The topological polar surface area (TPSA) is 62.4 Å². The summed E-state index contributed by atoms with van der Waals surface area (Å²) in [5.41, 5.74) is 7.92. The molecule has 0 radical (unpaired) electrons. The first-order valence-electron chi connectivity index (χ1n) is 5.87. The van der Waals surface area contributed by atoms with Crippen LogP contribution in [0.25, 0.3) is 0 Å². The van der Waals surface area contributed by atoms with Crippen LogP contribution in [0, 0.1) is 0 Å². The second kappa shape index (κ2) is 5.27. The molecule has 0 unspecified atom stereocenters. The van der Waals surface area contributed by atoms with Crippen molar-refractivity contribution in [3.05, 3.63) is 24.0 Å². The van der Waals surface area contributed by atoms with Gasteiger partial charge in [0, 0.05) is 25.3 Å². The zero-order valence-corrected chi connectivity index (χ0v) is 9.47. The highest BCUT2D eigenvalue weighted by Gasteiger charge is 2.26. The minimum atomic E-state index is 0.176. The lowest BCUT2D eigenvalue weighted by atomic mass is 9.91. The van der Waals surface area contributed by atoms with Crippen molar-refractivity contribution in [2.75, 3.05) is 18.1 Å². The van der Waals surface area contributed by atoms with Crippen molar-refractivity contribution in [1.29, 1.82) is 0 Å². The minimum absolute atomic E-state index is 0.176. The maximum atomic E-state index is 9.14. The average Bonchev–Trinajstić information content (AvgIpc) is 2.26. The summed E-state index contributed by atoms with van der Waals surface area (Å²) in [4.78, 5) is 6.41. The summed E-state index contributed by atoms with van der Waals surface area (Å²) in [6.45, 7) is 1.37. The fourth-order valence-electron chi connectivity index (χ4n) is 2.15. The highest BCUT2D eigenvalue weighted by molar-refractivity contribution is 5.52. The zero-order valence-electron chi connectivity index (χ0n) is 9.47. The minimum Gasteiger partial charge on any atom is -0.395 e. The van der Waals surface area contributed by atoms with Gasteiger partial charge in [0.25, 0.3) is 0 Å². The van der Waals surface area contributed by atoms with Crippen molar-refractivity contribution in [2.24, 2.45) is 5.73 Å². The number of nitrogens with two attached hydrogens (primary N) is 1. The van der Waals surface area contributed by atoms with Gasteiger partial charge in [-0.25, -0.2) is 0 Å². The predicted molar refractivity (Wildman–Crippen MR) is 64.2 cm³/mol. The first-order chi connectivity index (χ1) is 7.86. The van der Waals surface area contributed by atoms with Crippen LogP contribution >= 0.6 is 0 Å². The van der Waals surface area contributed by atoms with Gasteiger partial charge in [0.2, 0.25) is 0 Å². The lowest BCUT2D eigenvalue weighted by Crippen LogP contribution is -2.42. The molecule has 0 spiro atoms. The van der Waals surface area contributed by atoms with Crippen LogP contribution in [0.2, 0.25) is 0 Å². The number of hydrogen-bond acceptors (Lipinski definition) is 4. The monoisotopic (exact) mass is 221 g/mol. The van der Waals surface area contributed by atoms with Crippen molar-refractivity contribution in [2.45, 2.75) is 31.8 Å². The van der Waals surface area contributed by atoms with E-state index in [1.807, 2.05) is 12.3 Å². The van der Waals surface area contributed by atoms with Crippen LogP contribution < -0.4 is 10.6 Å². The summed E-state index contributed by atoms with van der Waals surface area (Å²) in [7, 11) is 0. The summed E-state index contributed by atoms with van der Waals surface area (Å²) in [6, 6.07) is 2.51. The highest BCUT2D eigenvalue weighted by atomic mass is 16.3. The number of aliphatic hydroxyl groups is 1. The van der Waals surface area contributed by atoms with Gasteiger partial charge < -0.3 is 15.7 Å². The van der Waals surface area contributed by atoms with Crippen LogP contribution in [-0.4, -0.2) is 29.3 Å². The summed E-state index contributed by atoms with van der Waals surface area (Å²) in [5.74, 6) is 0. The van der Waals surface area contributed by atoms with E-state index in [9.17, 15) is 0 Å². The van der Waals surface area contributed by atoms with Crippen LogP contribution in [0.4, 0.5) is 5.69 Å². The van der Waals surface area contributed by atoms with E-state index < -0.39 is 0 Å². The summed E-state index contributed by atoms with van der Waals surface area (Å²) >= 11 is 0. The Hall–Kier alpha value is -1.13. The van der Waals surface area contributed by atoms with E-state index in [1.54, 1.807) is 6.20 Å². The molecule has 0 aliphatic heterocycles. The van der Waals surface area contributed by atoms with Gasteiger partial charge in [0.05, 0.1) is 18.5 Å². The Labute approximate surface area is 96.1 Å². The van der Waals surface area contributed by atoms with E-state index in [4.69, 9.17) is 10.8 Å². The fourth-order valence-corrected chi connectivity index (χ4v) is 2.15. The molecule has 1 aromatic heterocycles. The fraction of sp³-hybridized carbons (Fsp3) is 0.583. The van der Waals surface area contributed by atoms with Crippen molar-refractivity contribution in [3.8, 4) is 0 Å². The Morgan fingerprint density at radius 2 is 2.31 bits per heavy atom. The standard InChI is InChI=1S/C12H19N3O/c13-8-10-4-5-14-9-12(10)15(6-7-16)11-2-1-3-11/h4-5,9,11,16H,1-3,6-8,13H2. The van der Waals surface area contributed by atoms with Gasteiger partial charge in [-0.05, 0) is 30.9 Å². The van der Waals surface area contributed by atoms with Gasteiger partial charge >= 0.3 is 0 Å². The molecule has 4 nitrogen and oxygen atoms in total. The third-order valence-corrected chi connectivity index (χ3v) is 3.27. The van der Waals surface area contributed by atoms with Crippen LogP contribution in [0.1, 0.15) is 24.8 Å². The van der Waals surface area contributed by atoms with Crippen LogP contribution in [0.5, 0.6) is 0 Å². The second-order valence-corrected chi connectivity index (χ2v) is 4.21. The molecule has 1 aliphatic carbocycles. The van der Waals surface area contributed by atoms with E-state index in [0.29, 0.717) is 19.1 Å². The Bertz CT molecular complexity index is 339. The van der Waals surface area contributed by atoms with E-state index >= 15 is 0 Å². The molecule has 1 fully saturated rings. The van der Waals surface area contributed by atoms with Crippen molar-refractivity contribution >= 4 is 5.69 Å². The quantitative estimate of drug-likeness (QED) is 0.775. The number of hydrogen-bond donors (Lipinski definition) is 2. The van der Waals surface area contributed by atoms with Gasteiger partial charge in [0.15, 0.2) is 0 Å². The lowest BCUT2D eigenvalue weighted by molar-refractivity contribution is 0.283. The molecule has 0 atom stereocenters. The van der Waals surface area contributed by atoms with Crippen LogP contribution in [-0.2, 0) is 6.54 Å². The molecular weight excluding hydrogens is 202 g/mol. The van der Waals surface area contributed by atoms with Crippen molar-refractivity contribution in [3.63, 3.8) is 0 Å². The molecule has 16 heavy (non-hydrogen) atoms. The van der Waals surface area contributed by atoms with Crippen LogP contribution in [0.15, 0.2) is 18.5 Å². The maximum absolute atomic E-state index is 9.14. The Morgan fingerprint density at radius 1 is 1.50 bits per heavy atom. The van der Waals surface area contributed by atoms with Crippen molar-refractivity contribution < 1.29 is 5.11 Å².